The van der Waals surface area contributed by atoms with E-state index in [1.54, 1.807) is 0 Å². The second kappa shape index (κ2) is 7.17. The van der Waals surface area contributed by atoms with Gasteiger partial charge in [-0.05, 0) is 62.8 Å². The highest BCUT2D eigenvalue weighted by molar-refractivity contribution is 5.35. The van der Waals surface area contributed by atoms with Crippen LogP contribution in [-0.4, -0.2) is 34.5 Å². The Kier molecular flexibility index (Phi) is 4.74. The summed E-state index contributed by atoms with van der Waals surface area (Å²) >= 11 is 0. The molecule has 0 radical (unpaired) electrons. The Morgan fingerprint density at radius 2 is 1.73 bits per heavy atom. The van der Waals surface area contributed by atoms with E-state index in [1.807, 2.05) is 45.2 Å². The lowest BCUT2D eigenvalue weighted by molar-refractivity contribution is 0.212. The summed E-state index contributed by atoms with van der Waals surface area (Å²) in [5.41, 5.74) is 0. The first-order chi connectivity index (χ1) is 12.7. The first-order valence-electron chi connectivity index (χ1n) is 9.69. The summed E-state index contributed by atoms with van der Waals surface area (Å²) in [5, 5.41) is 8.88. The van der Waals surface area contributed by atoms with Crippen LogP contribution < -0.4 is 14.4 Å². The topological polar surface area (TPSA) is 52.4 Å². The molecule has 3 unspecified atom stereocenters. The van der Waals surface area contributed by atoms with Gasteiger partial charge in [-0.25, -0.2) is 0 Å². The number of nitrogens with zero attached hydrogens (tertiary/aromatic N) is 4. The number of ether oxygens (including phenoxy) is 2. The Labute approximate surface area is 155 Å². The molecule has 2 fully saturated rings. The van der Waals surface area contributed by atoms with E-state index in [9.17, 15) is 0 Å². The third kappa shape index (κ3) is 3.24. The summed E-state index contributed by atoms with van der Waals surface area (Å²) in [6.45, 7) is 6.89. The molecule has 0 spiro atoms. The van der Waals surface area contributed by atoms with Crippen molar-refractivity contribution >= 4 is 5.95 Å². The van der Waals surface area contributed by atoms with Crippen LogP contribution in [0.4, 0.5) is 5.95 Å². The van der Waals surface area contributed by atoms with E-state index >= 15 is 0 Å². The Bertz CT molecular complexity index is 731. The summed E-state index contributed by atoms with van der Waals surface area (Å²) in [7, 11) is 2.04. The summed E-state index contributed by atoms with van der Waals surface area (Å²) in [4.78, 5) is 2.40. The maximum Gasteiger partial charge on any atom is 0.227 e. The van der Waals surface area contributed by atoms with Gasteiger partial charge in [-0.1, -0.05) is 6.42 Å². The third-order valence-corrected chi connectivity index (χ3v) is 5.71. The van der Waals surface area contributed by atoms with Crippen LogP contribution in [0.5, 0.6) is 11.5 Å². The van der Waals surface area contributed by atoms with E-state index in [0.717, 1.165) is 48.2 Å². The fourth-order valence-electron chi connectivity index (χ4n) is 4.40. The van der Waals surface area contributed by atoms with Gasteiger partial charge in [0.1, 0.15) is 11.5 Å². The summed E-state index contributed by atoms with van der Waals surface area (Å²) in [6.07, 6.45) is 3.95. The highest BCUT2D eigenvalue weighted by Gasteiger charge is 2.38. The second-order valence-corrected chi connectivity index (χ2v) is 7.44. The molecule has 0 N–H and O–H groups in total. The van der Waals surface area contributed by atoms with Crippen molar-refractivity contribution in [2.24, 2.45) is 18.9 Å². The lowest BCUT2D eigenvalue weighted by Gasteiger charge is -2.19. The summed E-state index contributed by atoms with van der Waals surface area (Å²) < 4.78 is 13.6. The van der Waals surface area contributed by atoms with Gasteiger partial charge in [0.25, 0.3) is 0 Å². The maximum atomic E-state index is 6.07. The van der Waals surface area contributed by atoms with Crippen LogP contribution in [0.2, 0.25) is 0 Å². The molecule has 1 aliphatic carbocycles. The lowest BCUT2D eigenvalue weighted by Crippen LogP contribution is -2.24. The molecule has 2 aromatic rings. The SMILES string of the molecule is CCOc1ccc(OC(C)c2nnc(N3CC4CCCC4C3)n2C)cc1. The smallest absolute Gasteiger partial charge is 0.227 e. The van der Waals surface area contributed by atoms with Crippen LogP contribution in [0.15, 0.2) is 24.3 Å². The van der Waals surface area contributed by atoms with Crippen LogP contribution in [0.25, 0.3) is 0 Å². The van der Waals surface area contributed by atoms with E-state index < -0.39 is 0 Å². The van der Waals surface area contributed by atoms with E-state index in [0.29, 0.717) is 6.61 Å². The van der Waals surface area contributed by atoms with Gasteiger partial charge in [0, 0.05) is 20.1 Å². The molecular formula is C20H28N4O2. The van der Waals surface area contributed by atoms with Crippen LogP contribution in [0.1, 0.15) is 45.0 Å². The zero-order chi connectivity index (χ0) is 18.1. The van der Waals surface area contributed by atoms with Crippen LogP contribution in [-0.2, 0) is 7.05 Å². The van der Waals surface area contributed by atoms with E-state index in [2.05, 4.69) is 19.7 Å². The molecule has 2 heterocycles. The van der Waals surface area contributed by atoms with Crippen molar-refractivity contribution in [2.75, 3.05) is 24.6 Å². The van der Waals surface area contributed by atoms with Gasteiger partial charge in [0.2, 0.25) is 5.95 Å². The molecule has 0 amide bonds. The van der Waals surface area contributed by atoms with Crippen molar-refractivity contribution in [3.8, 4) is 11.5 Å². The van der Waals surface area contributed by atoms with Crippen molar-refractivity contribution in [2.45, 2.75) is 39.2 Å². The fourth-order valence-corrected chi connectivity index (χ4v) is 4.40. The van der Waals surface area contributed by atoms with Crippen molar-refractivity contribution in [1.29, 1.82) is 0 Å². The number of hydrogen-bond acceptors (Lipinski definition) is 5. The highest BCUT2D eigenvalue weighted by atomic mass is 16.5. The molecule has 3 atom stereocenters. The van der Waals surface area contributed by atoms with Gasteiger partial charge < -0.3 is 14.4 Å². The molecule has 1 aromatic heterocycles. The van der Waals surface area contributed by atoms with Crippen molar-refractivity contribution < 1.29 is 9.47 Å². The Balaban J connectivity index is 1.43. The molecule has 4 rings (SSSR count). The molecule has 6 heteroatoms. The van der Waals surface area contributed by atoms with Crippen molar-refractivity contribution in [1.82, 2.24) is 14.8 Å². The summed E-state index contributed by atoms with van der Waals surface area (Å²) in [6, 6.07) is 7.72. The van der Waals surface area contributed by atoms with Crippen molar-refractivity contribution in [3.63, 3.8) is 0 Å². The van der Waals surface area contributed by atoms with E-state index in [1.165, 1.54) is 19.3 Å². The molecule has 1 aliphatic heterocycles. The number of benzene rings is 1. The average Bonchev–Trinajstić information content (AvgIpc) is 3.31. The Hall–Kier alpha value is -2.24. The van der Waals surface area contributed by atoms with Gasteiger partial charge in [0.15, 0.2) is 11.9 Å². The van der Waals surface area contributed by atoms with E-state index in [4.69, 9.17) is 9.47 Å². The molecule has 1 saturated carbocycles. The first kappa shape index (κ1) is 17.2. The molecular weight excluding hydrogens is 328 g/mol. The Morgan fingerprint density at radius 3 is 2.38 bits per heavy atom. The van der Waals surface area contributed by atoms with Gasteiger partial charge >= 0.3 is 0 Å². The number of fused-ring (bicyclic) bond motifs is 1. The lowest BCUT2D eigenvalue weighted by atomic mass is 10.0. The zero-order valence-corrected chi connectivity index (χ0v) is 15.9. The Morgan fingerprint density at radius 1 is 1.08 bits per heavy atom. The highest BCUT2D eigenvalue weighted by Crippen LogP contribution is 2.39. The predicted octanol–water partition coefficient (Wildman–Crippen LogP) is 3.59. The minimum Gasteiger partial charge on any atom is -0.494 e. The molecule has 6 nitrogen and oxygen atoms in total. The van der Waals surface area contributed by atoms with E-state index in [-0.39, 0.29) is 6.10 Å². The van der Waals surface area contributed by atoms with Gasteiger partial charge in [-0.3, -0.25) is 4.57 Å². The van der Waals surface area contributed by atoms with Gasteiger partial charge in [-0.2, -0.15) is 0 Å². The molecule has 1 aromatic carbocycles. The minimum atomic E-state index is -0.165. The molecule has 1 saturated heterocycles. The largest absolute Gasteiger partial charge is 0.494 e. The number of anilines is 1. The number of rotatable bonds is 6. The van der Waals surface area contributed by atoms with Gasteiger partial charge in [0.05, 0.1) is 6.61 Å². The molecule has 26 heavy (non-hydrogen) atoms. The van der Waals surface area contributed by atoms with Crippen molar-refractivity contribution in [3.05, 3.63) is 30.1 Å². The van der Waals surface area contributed by atoms with Crippen LogP contribution in [0.3, 0.4) is 0 Å². The van der Waals surface area contributed by atoms with Crippen LogP contribution in [0, 0.1) is 11.8 Å². The first-order valence-corrected chi connectivity index (χ1v) is 9.69. The standard InChI is InChI=1S/C20H28N4O2/c1-4-25-17-8-10-18(11-9-17)26-14(2)19-21-22-20(23(19)3)24-12-15-6-5-7-16(15)13-24/h8-11,14-16H,4-7,12-13H2,1-3H3. The van der Waals surface area contributed by atoms with Crippen LogP contribution >= 0.6 is 0 Å². The number of aromatic nitrogens is 3. The summed E-state index contributed by atoms with van der Waals surface area (Å²) in [5.74, 6) is 5.16. The molecule has 0 bridgehead atoms. The normalized spacial score (nSPS) is 23.1. The molecule has 2 aliphatic rings. The predicted molar refractivity (Wildman–Crippen MR) is 101 cm³/mol. The second-order valence-electron chi connectivity index (χ2n) is 7.44. The monoisotopic (exact) mass is 356 g/mol. The average molecular weight is 356 g/mol. The molecule has 140 valence electrons. The number of hydrogen-bond donors (Lipinski definition) is 0. The zero-order valence-electron chi connectivity index (χ0n) is 15.9. The maximum absolute atomic E-state index is 6.07. The quantitative estimate of drug-likeness (QED) is 0.792. The fraction of sp³-hybridized carbons (Fsp3) is 0.600. The van der Waals surface area contributed by atoms with Gasteiger partial charge in [-0.15, -0.1) is 10.2 Å². The third-order valence-electron chi connectivity index (χ3n) is 5.71. The minimum absolute atomic E-state index is 0.165.